The Morgan fingerprint density at radius 1 is 1.12 bits per heavy atom. The van der Waals surface area contributed by atoms with E-state index in [9.17, 15) is 0 Å². The van der Waals surface area contributed by atoms with Gasteiger partial charge >= 0.3 is 0 Å². The fourth-order valence-electron chi connectivity index (χ4n) is 2.13. The largest absolute Gasteiger partial charge is 0.366 e. The first kappa shape index (κ1) is 10.7. The molecule has 0 saturated heterocycles. The summed E-state index contributed by atoms with van der Waals surface area (Å²) >= 11 is 3.52. The van der Waals surface area contributed by atoms with Crippen molar-refractivity contribution in [1.82, 2.24) is 0 Å². The Labute approximate surface area is 109 Å². The fraction of sp³-hybridized carbons (Fsp3) is 0.143. The molecule has 0 bridgehead atoms. The third-order valence-corrected chi connectivity index (χ3v) is 3.47. The van der Waals surface area contributed by atoms with Crippen LogP contribution in [0.3, 0.4) is 0 Å². The number of fused-ring (bicyclic) bond motifs is 1. The standard InChI is InChI=1S/C14H13BrN2/c15-12-6-7-13-14(8-12)17(10-16-13)9-11-4-2-1-3-5-11/h1-8,16H,9-10H2. The van der Waals surface area contributed by atoms with Crippen molar-refractivity contribution < 1.29 is 0 Å². The van der Waals surface area contributed by atoms with Gasteiger partial charge in [0, 0.05) is 11.0 Å². The van der Waals surface area contributed by atoms with Crippen LogP contribution in [0.1, 0.15) is 5.56 Å². The molecule has 0 spiro atoms. The third kappa shape index (κ3) is 2.15. The van der Waals surface area contributed by atoms with Crippen molar-refractivity contribution in [2.45, 2.75) is 6.54 Å². The maximum Gasteiger partial charge on any atom is 0.0881 e. The molecule has 0 saturated carbocycles. The maximum atomic E-state index is 3.52. The second-order valence-electron chi connectivity index (χ2n) is 4.18. The molecule has 1 aliphatic rings. The van der Waals surface area contributed by atoms with E-state index in [1.54, 1.807) is 0 Å². The number of rotatable bonds is 2. The Hall–Kier alpha value is -1.48. The van der Waals surface area contributed by atoms with Crippen LogP contribution in [0.25, 0.3) is 0 Å². The number of hydrogen-bond acceptors (Lipinski definition) is 2. The van der Waals surface area contributed by atoms with Crippen LogP contribution in [-0.2, 0) is 6.54 Å². The Bertz CT molecular complexity index is 525. The van der Waals surface area contributed by atoms with Crippen LogP contribution in [0.2, 0.25) is 0 Å². The molecule has 0 atom stereocenters. The van der Waals surface area contributed by atoms with Gasteiger partial charge in [0.25, 0.3) is 0 Å². The number of hydrogen-bond donors (Lipinski definition) is 1. The summed E-state index contributed by atoms with van der Waals surface area (Å²) in [6, 6.07) is 16.9. The average molecular weight is 289 g/mol. The topological polar surface area (TPSA) is 15.3 Å². The van der Waals surface area contributed by atoms with Crippen molar-refractivity contribution in [2.75, 3.05) is 16.9 Å². The molecule has 1 N–H and O–H groups in total. The summed E-state index contributed by atoms with van der Waals surface area (Å²) in [5.74, 6) is 0. The zero-order valence-electron chi connectivity index (χ0n) is 9.36. The van der Waals surface area contributed by atoms with Crippen molar-refractivity contribution in [1.29, 1.82) is 0 Å². The molecule has 0 unspecified atom stereocenters. The summed E-state index contributed by atoms with van der Waals surface area (Å²) in [4.78, 5) is 2.34. The molecular weight excluding hydrogens is 276 g/mol. The Morgan fingerprint density at radius 2 is 1.94 bits per heavy atom. The van der Waals surface area contributed by atoms with Gasteiger partial charge in [-0.15, -0.1) is 0 Å². The first-order valence-electron chi connectivity index (χ1n) is 5.65. The summed E-state index contributed by atoms with van der Waals surface area (Å²) < 4.78 is 1.12. The Balaban J connectivity index is 1.86. The van der Waals surface area contributed by atoms with Gasteiger partial charge in [-0.3, -0.25) is 0 Å². The van der Waals surface area contributed by atoms with Gasteiger partial charge in [-0.05, 0) is 23.8 Å². The SMILES string of the molecule is Brc1ccc2c(c1)N(Cc1ccccc1)CN2. The molecule has 0 radical (unpaired) electrons. The minimum Gasteiger partial charge on any atom is -0.366 e. The molecule has 3 heteroatoms. The van der Waals surface area contributed by atoms with Crippen molar-refractivity contribution in [3.63, 3.8) is 0 Å². The molecular formula is C14H13BrN2. The summed E-state index contributed by atoms with van der Waals surface area (Å²) in [6.07, 6.45) is 0. The number of nitrogens with zero attached hydrogens (tertiary/aromatic N) is 1. The summed E-state index contributed by atoms with van der Waals surface area (Å²) in [5.41, 5.74) is 3.81. The lowest BCUT2D eigenvalue weighted by molar-refractivity contribution is 0.872. The van der Waals surface area contributed by atoms with Crippen LogP contribution in [0.5, 0.6) is 0 Å². The highest BCUT2D eigenvalue weighted by molar-refractivity contribution is 9.10. The molecule has 0 amide bonds. The molecule has 3 rings (SSSR count). The van der Waals surface area contributed by atoms with E-state index < -0.39 is 0 Å². The molecule has 0 aliphatic carbocycles. The molecule has 86 valence electrons. The van der Waals surface area contributed by atoms with Crippen molar-refractivity contribution in [3.8, 4) is 0 Å². The minimum atomic E-state index is 0.876. The predicted molar refractivity (Wildman–Crippen MR) is 75.3 cm³/mol. The molecule has 0 aromatic heterocycles. The highest BCUT2D eigenvalue weighted by Crippen LogP contribution is 2.34. The zero-order valence-corrected chi connectivity index (χ0v) is 10.9. The van der Waals surface area contributed by atoms with E-state index in [-0.39, 0.29) is 0 Å². The zero-order chi connectivity index (χ0) is 11.7. The molecule has 2 nitrogen and oxygen atoms in total. The van der Waals surface area contributed by atoms with Crippen LogP contribution in [-0.4, -0.2) is 6.67 Å². The van der Waals surface area contributed by atoms with Crippen molar-refractivity contribution >= 4 is 27.3 Å². The monoisotopic (exact) mass is 288 g/mol. The van der Waals surface area contributed by atoms with Crippen molar-refractivity contribution in [3.05, 3.63) is 58.6 Å². The fourth-order valence-corrected chi connectivity index (χ4v) is 2.48. The van der Waals surface area contributed by atoms with E-state index in [0.29, 0.717) is 0 Å². The van der Waals surface area contributed by atoms with E-state index in [2.05, 4.69) is 74.7 Å². The van der Waals surface area contributed by atoms with Crippen LogP contribution in [0.4, 0.5) is 11.4 Å². The quantitative estimate of drug-likeness (QED) is 0.903. The van der Waals surface area contributed by atoms with Gasteiger partial charge in [-0.1, -0.05) is 46.3 Å². The number of benzene rings is 2. The molecule has 17 heavy (non-hydrogen) atoms. The number of halogens is 1. The molecule has 0 fully saturated rings. The second-order valence-corrected chi connectivity index (χ2v) is 5.10. The maximum absolute atomic E-state index is 3.52. The first-order valence-corrected chi connectivity index (χ1v) is 6.44. The first-order chi connectivity index (χ1) is 8.33. The van der Waals surface area contributed by atoms with E-state index in [4.69, 9.17) is 0 Å². The van der Waals surface area contributed by atoms with Gasteiger partial charge < -0.3 is 10.2 Å². The lowest BCUT2D eigenvalue weighted by Gasteiger charge is -2.18. The van der Waals surface area contributed by atoms with Crippen molar-refractivity contribution in [2.24, 2.45) is 0 Å². The molecule has 2 aromatic rings. The smallest absolute Gasteiger partial charge is 0.0881 e. The van der Waals surface area contributed by atoms with E-state index in [1.807, 2.05) is 0 Å². The normalized spacial score (nSPS) is 13.4. The number of anilines is 2. The van der Waals surface area contributed by atoms with Gasteiger partial charge in [-0.2, -0.15) is 0 Å². The summed E-state index contributed by atoms with van der Waals surface area (Å²) in [7, 11) is 0. The van der Waals surface area contributed by atoms with Gasteiger partial charge in [0.05, 0.1) is 18.0 Å². The molecule has 1 aliphatic heterocycles. The average Bonchev–Trinajstić information content (AvgIpc) is 2.73. The summed E-state index contributed by atoms with van der Waals surface area (Å²) in [6.45, 7) is 1.82. The van der Waals surface area contributed by atoms with Gasteiger partial charge in [0.2, 0.25) is 0 Å². The lowest BCUT2D eigenvalue weighted by atomic mass is 10.2. The minimum absolute atomic E-state index is 0.876. The van der Waals surface area contributed by atoms with Gasteiger partial charge in [0.15, 0.2) is 0 Å². The van der Waals surface area contributed by atoms with Crippen LogP contribution < -0.4 is 10.2 Å². The third-order valence-electron chi connectivity index (χ3n) is 2.98. The van der Waals surface area contributed by atoms with Crippen LogP contribution in [0, 0.1) is 0 Å². The predicted octanol–water partition coefficient (Wildman–Crippen LogP) is 3.84. The lowest BCUT2D eigenvalue weighted by Crippen LogP contribution is -2.21. The highest BCUT2D eigenvalue weighted by Gasteiger charge is 2.18. The number of nitrogens with one attached hydrogen (secondary N) is 1. The Kier molecular flexibility index (Phi) is 2.77. The second kappa shape index (κ2) is 4.41. The van der Waals surface area contributed by atoms with E-state index >= 15 is 0 Å². The van der Waals surface area contributed by atoms with Gasteiger partial charge in [-0.25, -0.2) is 0 Å². The van der Waals surface area contributed by atoms with Gasteiger partial charge in [0.1, 0.15) is 0 Å². The van der Waals surface area contributed by atoms with Crippen LogP contribution in [0.15, 0.2) is 53.0 Å². The highest BCUT2D eigenvalue weighted by atomic mass is 79.9. The van der Waals surface area contributed by atoms with Crippen LogP contribution >= 0.6 is 15.9 Å². The van der Waals surface area contributed by atoms with E-state index in [1.165, 1.54) is 16.9 Å². The molecule has 1 heterocycles. The van der Waals surface area contributed by atoms with E-state index in [0.717, 1.165) is 17.7 Å². The summed E-state index contributed by atoms with van der Waals surface area (Å²) in [5, 5.41) is 3.40. The molecule has 2 aromatic carbocycles. The Morgan fingerprint density at radius 3 is 2.76 bits per heavy atom.